The molecule has 2 heterocycles. The molecule has 6 heteroatoms. The van der Waals surface area contributed by atoms with Crippen LogP contribution >= 0.6 is 11.6 Å². The fourth-order valence-corrected chi connectivity index (χ4v) is 3.38. The number of nitrogens with zero attached hydrogens (tertiary/aromatic N) is 3. The van der Waals surface area contributed by atoms with Gasteiger partial charge in [0.25, 0.3) is 0 Å². The van der Waals surface area contributed by atoms with E-state index in [4.69, 9.17) is 11.6 Å². The molecule has 0 radical (unpaired) electrons. The minimum absolute atomic E-state index is 0.0790. The maximum atomic E-state index is 12.4. The molecular formula is C18H23ClN4O. The summed E-state index contributed by atoms with van der Waals surface area (Å²) in [5, 5.41) is 3.64. The second-order valence-electron chi connectivity index (χ2n) is 6.51. The number of hydrogen-bond donors (Lipinski definition) is 1. The molecule has 1 saturated heterocycles. The van der Waals surface area contributed by atoms with Crippen LogP contribution in [0.3, 0.4) is 0 Å². The highest BCUT2D eigenvalue weighted by Crippen LogP contribution is 2.32. The van der Waals surface area contributed by atoms with Gasteiger partial charge in [0.05, 0.1) is 11.4 Å². The van der Waals surface area contributed by atoms with Gasteiger partial charge in [0.2, 0.25) is 5.91 Å². The first-order valence-electron chi connectivity index (χ1n) is 8.35. The van der Waals surface area contributed by atoms with E-state index in [0.29, 0.717) is 10.9 Å². The average Bonchev–Trinajstić information content (AvgIpc) is 2.92. The zero-order valence-corrected chi connectivity index (χ0v) is 14.9. The molecule has 128 valence electrons. The van der Waals surface area contributed by atoms with Crippen molar-refractivity contribution < 1.29 is 4.79 Å². The predicted molar refractivity (Wildman–Crippen MR) is 97.7 cm³/mol. The third kappa shape index (κ3) is 3.90. The number of aryl methyl sites for hydroxylation is 1. The van der Waals surface area contributed by atoms with Gasteiger partial charge in [-0.1, -0.05) is 18.5 Å². The van der Waals surface area contributed by atoms with Crippen molar-refractivity contribution in [3.05, 3.63) is 41.4 Å². The summed E-state index contributed by atoms with van der Waals surface area (Å²) in [4.78, 5) is 18.9. The number of hydrogen-bond acceptors (Lipinski definition) is 3. The van der Waals surface area contributed by atoms with E-state index >= 15 is 0 Å². The first kappa shape index (κ1) is 16.8. The van der Waals surface area contributed by atoms with E-state index in [1.54, 1.807) is 12.4 Å². The number of carbonyl (C=O) groups is 1. The molecule has 1 aliphatic heterocycles. The van der Waals surface area contributed by atoms with Crippen molar-refractivity contribution in [3.63, 3.8) is 0 Å². The van der Waals surface area contributed by atoms with E-state index in [1.807, 2.05) is 29.7 Å². The summed E-state index contributed by atoms with van der Waals surface area (Å²) < 4.78 is 1.82. The summed E-state index contributed by atoms with van der Waals surface area (Å²) in [6, 6.07) is 5.71. The minimum atomic E-state index is -0.0790. The molecule has 1 amide bonds. The van der Waals surface area contributed by atoms with Crippen LogP contribution in [0.5, 0.6) is 0 Å². The molecular weight excluding hydrogens is 324 g/mol. The van der Waals surface area contributed by atoms with Crippen LogP contribution in [0, 0.1) is 12.8 Å². The second-order valence-corrected chi connectivity index (χ2v) is 6.94. The van der Waals surface area contributed by atoms with Crippen LogP contribution < -0.4 is 10.2 Å². The topological polar surface area (TPSA) is 50.2 Å². The van der Waals surface area contributed by atoms with Gasteiger partial charge in [0.15, 0.2) is 0 Å². The van der Waals surface area contributed by atoms with Gasteiger partial charge in [-0.25, -0.2) is 4.98 Å². The molecule has 0 saturated carbocycles. The Hall–Kier alpha value is -2.01. The highest BCUT2D eigenvalue weighted by molar-refractivity contribution is 6.31. The minimum Gasteiger partial charge on any atom is -0.370 e. The summed E-state index contributed by atoms with van der Waals surface area (Å²) in [7, 11) is 0. The Kier molecular flexibility index (Phi) is 5.09. The van der Waals surface area contributed by atoms with Gasteiger partial charge < -0.3 is 14.8 Å². The number of rotatable bonds is 4. The van der Waals surface area contributed by atoms with Crippen LogP contribution in [-0.4, -0.2) is 28.5 Å². The van der Waals surface area contributed by atoms with Crippen molar-refractivity contribution >= 4 is 28.9 Å². The number of amides is 1. The van der Waals surface area contributed by atoms with Gasteiger partial charge in [-0.15, -0.1) is 0 Å². The maximum absolute atomic E-state index is 12.4. The van der Waals surface area contributed by atoms with Crippen molar-refractivity contribution in [1.29, 1.82) is 0 Å². The monoisotopic (exact) mass is 346 g/mol. The lowest BCUT2D eigenvalue weighted by Crippen LogP contribution is -2.35. The Morgan fingerprint density at radius 1 is 1.46 bits per heavy atom. The molecule has 0 spiro atoms. The molecule has 5 nitrogen and oxygen atoms in total. The van der Waals surface area contributed by atoms with Crippen LogP contribution in [0.1, 0.15) is 25.6 Å². The van der Waals surface area contributed by atoms with E-state index in [-0.39, 0.29) is 12.5 Å². The summed E-state index contributed by atoms with van der Waals surface area (Å²) in [6.45, 7) is 6.41. The average molecular weight is 347 g/mol. The number of nitrogens with one attached hydrogen (secondary N) is 1. The SMILES string of the molecule is Cc1nccn1CC(=O)Nc1cc(Cl)ccc1N1CCCC(C)C1. The smallest absolute Gasteiger partial charge is 0.244 e. The van der Waals surface area contributed by atoms with Crippen molar-refractivity contribution in [1.82, 2.24) is 9.55 Å². The number of benzene rings is 1. The van der Waals surface area contributed by atoms with Crippen LogP contribution in [0.15, 0.2) is 30.6 Å². The Morgan fingerprint density at radius 2 is 2.29 bits per heavy atom. The van der Waals surface area contributed by atoms with Crippen molar-refractivity contribution in [2.24, 2.45) is 5.92 Å². The van der Waals surface area contributed by atoms with E-state index in [1.165, 1.54) is 12.8 Å². The van der Waals surface area contributed by atoms with Gasteiger partial charge in [0, 0.05) is 30.5 Å². The Bertz CT molecular complexity index is 728. The summed E-state index contributed by atoms with van der Waals surface area (Å²) in [6.07, 6.45) is 5.93. The molecule has 1 aromatic carbocycles. The molecule has 0 aliphatic carbocycles. The highest BCUT2D eigenvalue weighted by atomic mass is 35.5. The van der Waals surface area contributed by atoms with Crippen molar-refractivity contribution in [2.45, 2.75) is 33.2 Å². The third-order valence-electron chi connectivity index (χ3n) is 4.47. The van der Waals surface area contributed by atoms with Crippen LogP contribution in [-0.2, 0) is 11.3 Å². The van der Waals surface area contributed by atoms with Crippen molar-refractivity contribution in [3.8, 4) is 0 Å². The Labute approximate surface area is 147 Å². The molecule has 1 aromatic heterocycles. The molecule has 24 heavy (non-hydrogen) atoms. The van der Waals surface area contributed by atoms with E-state index in [2.05, 4.69) is 22.1 Å². The number of halogens is 1. The van der Waals surface area contributed by atoms with E-state index < -0.39 is 0 Å². The van der Waals surface area contributed by atoms with E-state index in [0.717, 1.165) is 30.3 Å². The lowest BCUT2D eigenvalue weighted by atomic mass is 9.99. The summed E-state index contributed by atoms with van der Waals surface area (Å²) in [5.41, 5.74) is 1.82. The van der Waals surface area contributed by atoms with Gasteiger partial charge in [-0.3, -0.25) is 4.79 Å². The first-order valence-corrected chi connectivity index (χ1v) is 8.73. The number of imidazole rings is 1. The number of piperidine rings is 1. The van der Waals surface area contributed by atoms with Crippen molar-refractivity contribution in [2.75, 3.05) is 23.3 Å². The summed E-state index contributed by atoms with van der Waals surface area (Å²) >= 11 is 6.15. The normalized spacial score (nSPS) is 17.8. The van der Waals surface area contributed by atoms with Gasteiger partial charge >= 0.3 is 0 Å². The molecule has 1 unspecified atom stereocenters. The molecule has 0 bridgehead atoms. The Balaban J connectivity index is 1.77. The number of anilines is 2. The molecule has 1 aliphatic rings. The van der Waals surface area contributed by atoms with Crippen LogP contribution in [0.4, 0.5) is 11.4 Å². The second kappa shape index (κ2) is 7.26. The van der Waals surface area contributed by atoms with Gasteiger partial charge in [-0.2, -0.15) is 0 Å². The fourth-order valence-electron chi connectivity index (χ4n) is 3.21. The molecule has 2 aromatic rings. The number of carbonyl (C=O) groups excluding carboxylic acids is 1. The van der Waals surface area contributed by atoms with Crippen LogP contribution in [0.25, 0.3) is 0 Å². The van der Waals surface area contributed by atoms with E-state index in [9.17, 15) is 4.79 Å². The Morgan fingerprint density at radius 3 is 3.00 bits per heavy atom. The molecule has 3 rings (SSSR count). The maximum Gasteiger partial charge on any atom is 0.244 e. The van der Waals surface area contributed by atoms with Gasteiger partial charge in [-0.05, 0) is 43.9 Å². The fraction of sp³-hybridized carbons (Fsp3) is 0.444. The molecule has 1 N–H and O–H groups in total. The van der Waals surface area contributed by atoms with Crippen LogP contribution in [0.2, 0.25) is 5.02 Å². The zero-order chi connectivity index (χ0) is 17.1. The lowest BCUT2D eigenvalue weighted by Gasteiger charge is -2.34. The largest absolute Gasteiger partial charge is 0.370 e. The lowest BCUT2D eigenvalue weighted by molar-refractivity contribution is -0.116. The number of aromatic nitrogens is 2. The van der Waals surface area contributed by atoms with Gasteiger partial charge in [0.1, 0.15) is 12.4 Å². The highest BCUT2D eigenvalue weighted by Gasteiger charge is 2.20. The zero-order valence-electron chi connectivity index (χ0n) is 14.1. The molecule has 1 fully saturated rings. The third-order valence-corrected chi connectivity index (χ3v) is 4.70. The standard InChI is InChI=1S/C18H23ClN4O/c1-13-4-3-8-23(11-13)17-6-5-15(19)10-16(17)21-18(24)12-22-9-7-20-14(22)2/h5-7,9-10,13H,3-4,8,11-12H2,1-2H3,(H,21,24). The predicted octanol–water partition coefficient (Wildman–Crippen LogP) is 3.72. The first-order chi connectivity index (χ1) is 11.5. The summed E-state index contributed by atoms with van der Waals surface area (Å²) in [5.74, 6) is 1.40. The quantitative estimate of drug-likeness (QED) is 0.917. The molecule has 1 atom stereocenters.